The fraction of sp³-hybridized carbons (Fsp3) is 0.0833. The van der Waals surface area contributed by atoms with E-state index in [0.717, 1.165) is 22.2 Å². The second kappa shape index (κ2) is 3.95. The van der Waals surface area contributed by atoms with Crippen LogP contribution in [0, 0.1) is 0 Å². The fourth-order valence-electron chi connectivity index (χ4n) is 1.79. The first-order chi connectivity index (χ1) is 8.38. The zero-order chi connectivity index (χ0) is 11.7. The Bertz CT molecular complexity index is 641. The first-order valence-electron chi connectivity index (χ1n) is 5.32. The first kappa shape index (κ1) is 9.92. The van der Waals surface area contributed by atoms with E-state index in [4.69, 9.17) is 5.73 Å². The maximum absolute atomic E-state index is 5.57. The maximum Gasteiger partial charge on any atom is 0.184 e. The molecular formula is C12H11N5. The van der Waals surface area contributed by atoms with Crippen molar-refractivity contribution in [1.29, 1.82) is 0 Å². The molecule has 0 aliphatic carbocycles. The Hall–Kier alpha value is -2.27. The van der Waals surface area contributed by atoms with Gasteiger partial charge in [0.05, 0.1) is 11.1 Å². The molecule has 0 saturated heterocycles. The van der Waals surface area contributed by atoms with Gasteiger partial charge in [-0.15, -0.1) is 0 Å². The van der Waals surface area contributed by atoms with Crippen LogP contribution in [0.4, 0.5) is 0 Å². The van der Waals surface area contributed by atoms with E-state index in [2.05, 4.69) is 20.2 Å². The van der Waals surface area contributed by atoms with Gasteiger partial charge in [-0.2, -0.15) is 5.10 Å². The van der Waals surface area contributed by atoms with Crippen molar-refractivity contribution in [2.45, 2.75) is 6.54 Å². The molecule has 3 rings (SSSR count). The summed E-state index contributed by atoms with van der Waals surface area (Å²) in [5.41, 5.74) is 9.34. The van der Waals surface area contributed by atoms with E-state index < -0.39 is 0 Å². The number of nitrogens with one attached hydrogen (secondary N) is 1. The molecular weight excluding hydrogens is 214 g/mol. The van der Waals surface area contributed by atoms with Gasteiger partial charge in [0.2, 0.25) is 0 Å². The Balaban J connectivity index is 2.13. The second-order valence-electron chi connectivity index (χ2n) is 3.76. The lowest BCUT2D eigenvalue weighted by Gasteiger charge is -2.00. The molecule has 84 valence electrons. The molecule has 3 aromatic rings. The third kappa shape index (κ3) is 1.66. The number of aromatic amines is 1. The molecule has 0 amide bonds. The van der Waals surface area contributed by atoms with Crippen LogP contribution in [0.3, 0.4) is 0 Å². The first-order valence-corrected chi connectivity index (χ1v) is 5.32. The smallest absolute Gasteiger partial charge is 0.184 e. The monoisotopic (exact) mass is 225 g/mol. The van der Waals surface area contributed by atoms with Crippen LogP contribution in [-0.2, 0) is 6.54 Å². The zero-order valence-corrected chi connectivity index (χ0v) is 9.09. The van der Waals surface area contributed by atoms with Gasteiger partial charge in [-0.1, -0.05) is 24.3 Å². The van der Waals surface area contributed by atoms with Crippen molar-refractivity contribution in [2.75, 3.05) is 0 Å². The number of hydrogen-bond acceptors (Lipinski definition) is 4. The molecule has 17 heavy (non-hydrogen) atoms. The summed E-state index contributed by atoms with van der Waals surface area (Å²) in [5.74, 6) is 0. The highest BCUT2D eigenvalue weighted by atomic mass is 15.2. The molecule has 1 aromatic carbocycles. The highest BCUT2D eigenvalue weighted by Crippen LogP contribution is 2.24. The van der Waals surface area contributed by atoms with Crippen molar-refractivity contribution in [3.63, 3.8) is 0 Å². The van der Waals surface area contributed by atoms with Crippen molar-refractivity contribution >= 4 is 11.0 Å². The minimum Gasteiger partial charge on any atom is -0.326 e. The van der Waals surface area contributed by atoms with Gasteiger partial charge in [0.25, 0.3) is 0 Å². The van der Waals surface area contributed by atoms with Gasteiger partial charge in [0.1, 0.15) is 6.33 Å². The Morgan fingerprint density at radius 2 is 2.00 bits per heavy atom. The molecule has 2 heterocycles. The number of fused-ring (bicyclic) bond motifs is 1. The van der Waals surface area contributed by atoms with E-state index in [1.807, 2.05) is 24.3 Å². The van der Waals surface area contributed by atoms with Crippen molar-refractivity contribution in [2.24, 2.45) is 5.73 Å². The lowest BCUT2D eigenvalue weighted by molar-refractivity contribution is 1.07. The highest BCUT2D eigenvalue weighted by Gasteiger charge is 2.07. The van der Waals surface area contributed by atoms with Gasteiger partial charge in [0.15, 0.2) is 5.65 Å². The molecule has 0 unspecified atom stereocenters. The molecule has 0 bridgehead atoms. The Morgan fingerprint density at radius 3 is 2.76 bits per heavy atom. The number of aromatic nitrogens is 4. The van der Waals surface area contributed by atoms with Crippen LogP contribution in [0.5, 0.6) is 0 Å². The van der Waals surface area contributed by atoms with Crippen LogP contribution in [-0.4, -0.2) is 20.2 Å². The van der Waals surface area contributed by atoms with E-state index in [-0.39, 0.29) is 0 Å². The van der Waals surface area contributed by atoms with Gasteiger partial charge in [-0.25, -0.2) is 9.97 Å². The van der Waals surface area contributed by atoms with Gasteiger partial charge < -0.3 is 5.73 Å². The van der Waals surface area contributed by atoms with E-state index in [0.29, 0.717) is 12.2 Å². The molecule has 0 aliphatic rings. The van der Waals surface area contributed by atoms with Crippen molar-refractivity contribution in [3.8, 4) is 11.3 Å². The molecule has 5 heteroatoms. The van der Waals surface area contributed by atoms with Crippen LogP contribution in [0.2, 0.25) is 0 Å². The third-order valence-corrected chi connectivity index (χ3v) is 2.71. The minimum absolute atomic E-state index is 0.549. The lowest BCUT2D eigenvalue weighted by Crippen LogP contribution is -1.95. The predicted octanol–water partition coefficient (Wildman–Crippen LogP) is 1.48. The van der Waals surface area contributed by atoms with Gasteiger partial charge in [0, 0.05) is 18.3 Å². The summed E-state index contributed by atoms with van der Waals surface area (Å²) in [4.78, 5) is 8.10. The van der Waals surface area contributed by atoms with Crippen molar-refractivity contribution < 1.29 is 0 Å². The molecule has 0 spiro atoms. The highest BCUT2D eigenvalue weighted by molar-refractivity contribution is 5.89. The molecule has 0 aliphatic heterocycles. The Labute approximate surface area is 97.7 Å². The van der Waals surface area contributed by atoms with Gasteiger partial charge in [-0.05, 0) is 5.56 Å². The average Bonchev–Trinajstić information content (AvgIpc) is 2.83. The molecule has 5 nitrogen and oxygen atoms in total. The normalized spacial score (nSPS) is 10.9. The molecule has 0 fully saturated rings. The molecule has 0 radical (unpaired) electrons. The number of benzene rings is 1. The maximum atomic E-state index is 5.57. The zero-order valence-electron chi connectivity index (χ0n) is 9.09. The lowest BCUT2D eigenvalue weighted by atomic mass is 10.1. The SMILES string of the molecule is NCc1ccc(-c2[nH]nc3ncncc23)cc1. The molecule has 0 atom stereocenters. The van der Waals surface area contributed by atoms with Crippen LogP contribution >= 0.6 is 0 Å². The molecule has 3 N–H and O–H groups in total. The van der Waals surface area contributed by atoms with E-state index in [1.165, 1.54) is 6.33 Å². The summed E-state index contributed by atoms with van der Waals surface area (Å²) in [6.07, 6.45) is 3.25. The second-order valence-corrected chi connectivity index (χ2v) is 3.76. The van der Waals surface area contributed by atoms with Crippen LogP contribution in [0.1, 0.15) is 5.56 Å². The third-order valence-electron chi connectivity index (χ3n) is 2.71. The van der Waals surface area contributed by atoms with Crippen molar-refractivity contribution in [1.82, 2.24) is 20.2 Å². The molecule has 0 saturated carbocycles. The quantitative estimate of drug-likeness (QED) is 0.692. The van der Waals surface area contributed by atoms with E-state index in [1.54, 1.807) is 6.20 Å². The number of rotatable bonds is 2. The number of nitrogens with two attached hydrogens (primary N) is 1. The summed E-state index contributed by atoms with van der Waals surface area (Å²) < 4.78 is 0. The summed E-state index contributed by atoms with van der Waals surface area (Å²) in [5, 5.41) is 8.04. The summed E-state index contributed by atoms with van der Waals surface area (Å²) in [6, 6.07) is 8.04. The average molecular weight is 225 g/mol. The van der Waals surface area contributed by atoms with E-state index >= 15 is 0 Å². The fourth-order valence-corrected chi connectivity index (χ4v) is 1.79. The molecule has 2 aromatic heterocycles. The number of nitrogens with zero attached hydrogens (tertiary/aromatic N) is 3. The van der Waals surface area contributed by atoms with Crippen molar-refractivity contribution in [3.05, 3.63) is 42.4 Å². The summed E-state index contributed by atoms with van der Waals surface area (Å²) in [7, 11) is 0. The van der Waals surface area contributed by atoms with Gasteiger partial charge >= 0.3 is 0 Å². The summed E-state index contributed by atoms with van der Waals surface area (Å²) >= 11 is 0. The van der Waals surface area contributed by atoms with Crippen LogP contribution in [0.15, 0.2) is 36.8 Å². The Morgan fingerprint density at radius 1 is 1.18 bits per heavy atom. The topological polar surface area (TPSA) is 80.5 Å². The standard InChI is InChI=1S/C12H11N5/c13-5-8-1-3-9(4-2-8)11-10-6-14-7-15-12(10)17-16-11/h1-4,6-7H,5,13H2,(H,14,15,16,17). The largest absolute Gasteiger partial charge is 0.326 e. The van der Waals surface area contributed by atoms with E-state index in [9.17, 15) is 0 Å². The van der Waals surface area contributed by atoms with Gasteiger partial charge in [-0.3, -0.25) is 5.10 Å². The summed E-state index contributed by atoms with van der Waals surface area (Å²) in [6.45, 7) is 0.549. The minimum atomic E-state index is 0.549. The predicted molar refractivity (Wildman–Crippen MR) is 65.0 cm³/mol. The number of hydrogen-bond donors (Lipinski definition) is 2. The van der Waals surface area contributed by atoms with Crippen LogP contribution < -0.4 is 5.73 Å². The Kier molecular flexibility index (Phi) is 2.31. The number of H-pyrrole nitrogens is 1. The van der Waals surface area contributed by atoms with Crippen LogP contribution in [0.25, 0.3) is 22.3 Å².